The Hall–Kier alpha value is -1.84. The molecule has 4 nitrogen and oxygen atoms in total. The van der Waals surface area contributed by atoms with E-state index in [2.05, 4.69) is 19.2 Å². The van der Waals surface area contributed by atoms with E-state index in [1.54, 1.807) is 0 Å². The van der Waals surface area contributed by atoms with Gasteiger partial charge in [-0.15, -0.1) is 0 Å². The van der Waals surface area contributed by atoms with Crippen LogP contribution in [0.15, 0.2) is 24.3 Å². The molecule has 0 aliphatic heterocycles. The number of aliphatic carboxylic acids is 1. The summed E-state index contributed by atoms with van der Waals surface area (Å²) in [5.41, 5.74) is 1.81. The second kappa shape index (κ2) is 6.29. The van der Waals surface area contributed by atoms with Crippen molar-refractivity contribution in [2.75, 3.05) is 5.32 Å². The Kier molecular flexibility index (Phi) is 4.66. The first-order chi connectivity index (χ1) is 9.93. The molecule has 1 amide bonds. The highest BCUT2D eigenvalue weighted by atomic mass is 16.4. The maximum absolute atomic E-state index is 12.1. The highest BCUT2D eigenvalue weighted by Crippen LogP contribution is 2.47. The number of nitrogens with one attached hydrogen (secondary N) is 1. The van der Waals surface area contributed by atoms with E-state index in [0.29, 0.717) is 12.3 Å². The molecule has 0 saturated heterocycles. The van der Waals surface area contributed by atoms with Crippen LogP contribution in [0, 0.1) is 17.8 Å². The van der Waals surface area contributed by atoms with Crippen LogP contribution in [-0.4, -0.2) is 17.0 Å². The number of carboxylic acid groups (broad SMARTS) is 1. The molecule has 0 aromatic heterocycles. The molecule has 1 fully saturated rings. The molecule has 0 bridgehead atoms. The van der Waals surface area contributed by atoms with Crippen molar-refractivity contribution in [2.45, 2.75) is 39.5 Å². The standard InChI is InChI=1S/C17H23NO3/c1-4-10(2)11(3)16(19)18-13-7-5-12(6-8-13)14-9-15(14)17(20)21/h5-8,10-11,14-15H,4,9H2,1-3H3,(H,18,19)(H,20,21)/t10?,11?,14-,15+/m0/s1. The maximum atomic E-state index is 12.1. The highest BCUT2D eigenvalue weighted by molar-refractivity contribution is 5.92. The molecule has 1 aromatic rings. The van der Waals surface area contributed by atoms with Crippen LogP contribution in [0.1, 0.15) is 45.1 Å². The number of carboxylic acids is 1. The van der Waals surface area contributed by atoms with Crippen LogP contribution in [0.2, 0.25) is 0 Å². The first kappa shape index (κ1) is 15.5. The summed E-state index contributed by atoms with van der Waals surface area (Å²) in [4.78, 5) is 23.0. The van der Waals surface area contributed by atoms with E-state index in [9.17, 15) is 9.59 Å². The summed E-state index contributed by atoms with van der Waals surface area (Å²) < 4.78 is 0. The minimum atomic E-state index is -0.722. The molecule has 21 heavy (non-hydrogen) atoms. The molecule has 4 heteroatoms. The van der Waals surface area contributed by atoms with Crippen LogP contribution >= 0.6 is 0 Å². The van der Waals surface area contributed by atoms with Crippen LogP contribution < -0.4 is 5.32 Å². The van der Waals surface area contributed by atoms with Gasteiger partial charge in [0.1, 0.15) is 0 Å². The van der Waals surface area contributed by atoms with E-state index < -0.39 is 5.97 Å². The third kappa shape index (κ3) is 3.63. The summed E-state index contributed by atoms with van der Waals surface area (Å²) in [6, 6.07) is 7.54. The summed E-state index contributed by atoms with van der Waals surface area (Å²) in [5.74, 6) is -0.463. The van der Waals surface area contributed by atoms with Crippen LogP contribution in [-0.2, 0) is 9.59 Å². The lowest BCUT2D eigenvalue weighted by Gasteiger charge is -2.17. The topological polar surface area (TPSA) is 66.4 Å². The van der Waals surface area contributed by atoms with Gasteiger partial charge in [0.25, 0.3) is 0 Å². The van der Waals surface area contributed by atoms with E-state index in [0.717, 1.165) is 17.7 Å². The number of benzene rings is 1. The molecule has 1 aliphatic rings. The van der Waals surface area contributed by atoms with E-state index >= 15 is 0 Å². The third-order valence-corrected chi connectivity index (χ3v) is 4.63. The average Bonchev–Trinajstić information content (AvgIpc) is 3.27. The van der Waals surface area contributed by atoms with Gasteiger partial charge in [-0.25, -0.2) is 0 Å². The number of anilines is 1. The molecule has 0 spiro atoms. The fourth-order valence-corrected chi connectivity index (χ4v) is 2.52. The van der Waals surface area contributed by atoms with Crippen molar-refractivity contribution in [2.24, 2.45) is 17.8 Å². The maximum Gasteiger partial charge on any atom is 0.307 e. The Morgan fingerprint density at radius 2 is 1.90 bits per heavy atom. The highest BCUT2D eigenvalue weighted by Gasteiger charge is 2.44. The normalized spacial score (nSPS) is 23.2. The lowest BCUT2D eigenvalue weighted by atomic mass is 9.93. The van der Waals surface area contributed by atoms with Gasteiger partial charge < -0.3 is 10.4 Å². The summed E-state index contributed by atoms with van der Waals surface area (Å²) in [6.07, 6.45) is 1.69. The third-order valence-electron chi connectivity index (χ3n) is 4.63. The van der Waals surface area contributed by atoms with Crippen molar-refractivity contribution in [1.29, 1.82) is 0 Å². The van der Waals surface area contributed by atoms with Crippen molar-refractivity contribution in [3.8, 4) is 0 Å². The quantitative estimate of drug-likeness (QED) is 0.842. The number of rotatable bonds is 6. The van der Waals surface area contributed by atoms with Gasteiger partial charge in [-0.3, -0.25) is 9.59 Å². The van der Waals surface area contributed by atoms with Crippen molar-refractivity contribution >= 4 is 17.6 Å². The molecule has 0 radical (unpaired) electrons. The first-order valence-electron chi connectivity index (χ1n) is 7.57. The summed E-state index contributed by atoms with van der Waals surface area (Å²) in [5, 5.41) is 11.9. The number of carbonyl (C=O) groups excluding carboxylic acids is 1. The zero-order valence-corrected chi connectivity index (χ0v) is 12.8. The predicted octanol–water partition coefficient (Wildman–Crippen LogP) is 3.50. The molecule has 2 N–H and O–H groups in total. The summed E-state index contributed by atoms with van der Waals surface area (Å²) >= 11 is 0. The number of amides is 1. The predicted molar refractivity (Wildman–Crippen MR) is 82.2 cm³/mol. The van der Waals surface area contributed by atoms with Gasteiger partial charge in [-0.05, 0) is 36.0 Å². The van der Waals surface area contributed by atoms with Crippen LogP contribution in [0.5, 0.6) is 0 Å². The Labute approximate surface area is 125 Å². The molecule has 2 rings (SSSR count). The number of hydrogen-bond acceptors (Lipinski definition) is 2. The second-order valence-corrected chi connectivity index (χ2v) is 6.07. The van der Waals surface area contributed by atoms with Crippen LogP contribution in [0.4, 0.5) is 5.69 Å². The minimum Gasteiger partial charge on any atom is -0.481 e. The van der Waals surface area contributed by atoms with E-state index in [1.165, 1.54) is 0 Å². The lowest BCUT2D eigenvalue weighted by molar-refractivity contribution is -0.138. The largest absolute Gasteiger partial charge is 0.481 e. The van der Waals surface area contributed by atoms with Crippen molar-refractivity contribution in [3.05, 3.63) is 29.8 Å². The fraction of sp³-hybridized carbons (Fsp3) is 0.529. The Morgan fingerprint density at radius 1 is 1.29 bits per heavy atom. The van der Waals surface area contributed by atoms with Gasteiger partial charge in [0, 0.05) is 11.6 Å². The molecular formula is C17H23NO3. The van der Waals surface area contributed by atoms with Gasteiger partial charge in [0.15, 0.2) is 0 Å². The molecular weight excluding hydrogens is 266 g/mol. The lowest BCUT2D eigenvalue weighted by Crippen LogP contribution is -2.25. The SMILES string of the molecule is CCC(C)C(C)C(=O)Nc1ccc([C@@H]2C[C@H]2C(=O)O)cc1. The molecule has 2 unspecified atom stereocenters. The average molecular weight is 289 g/mol. The van der Waals surface area contributed by atoms with E-state index in [1.807, 2.05) is 31.2 Å². The molecule has 1 saturated carbocycles. The molecule has 0 heterocycles. The zero-order chi connectivity index (χ0) is 15.6. The van der Waals surface area contributed by atoms with Gasteiger partial charge in [0.2, 0.25) is 5.91 Å². The van der Waals surface area contributed by atoms with Crippen LogP contribution in [0.3, 0.4) is 0 Å². The molecule has 114 valence electrons. The molecule has 1 aliphatic carbocycles. The Balaban J connectivity index is 1.94. The Bertz CT molecular complexity index is 523. The monoisotopic (exact) mass is 289 g/mol. The minimum absolute atomic E-state index is 0.0190. The first-order valence-corrected chi connectivity index (χ1v) is 7.57. The van der Waals surface area contributed by atoms with E-state index in [4.69, 9.17) is 5.11 Å². The van der Waals surface area contributed by atoms with Crippen molar-refractivity contribution in [3.63, 3.8) is 0 Å². The zero-order valence-electron chi connectivity index (χ0n) is 12.8. The smallest absolute Gasteiger partial charge is 0.307 e. The Morgan fingerprint density at radius 3 is 2.38 bits per heavy atom. The second-order valence-electron chi connectivity index (χ2n) is 6.07. The van der Waals surface area contributed by atoms with Crippen molar-refractivity contribution in [1.82, 2.24) is 0 Å². The molecule has 4 atom stereocenters. The van der Waals surface area contributed by atoms with E-state index in [-0.39, 0.29) is 23.7 Å². The summed E-state index contributed by atoms with van der Waals surface area (Å²) in [7, 11) is 0. The molecule has 1 aromatic carbocycles. The van der Waals surface area contributed by atoms with Gasteiger partial charge in [0.05, 0.1) is 5.92 Å². The van der Waals surface area contributed by atoms with Crippen molar-refractivity contribution < 1.29 is 14.7 Å². The van der Waals surface area contributed by atoms with Gasteiger partial charge >= 0.3 is 5.97 Å². The summed E-state index contributed by atoms with van der Waals surface area (Å²) in [6.45, 7) is 6.10. The van der Waals surface area contributed by atoms with Gasteiger partial charge in [-0.2, -0.15) is 0 Å². The number of carbonyl (C=O) groups is 2. The van der Waals surface area contributed by atoms with Crippen LogP contribution in [0.25, 0.3) is 0 Å². The number of hydrogen-bond donors (Lipinski definition) is 2. The van der Waals surface area contributed by atoms with Gasteiger partial charge in [-0.1, -0.05) is 39.3 Å². The fourth-order valence-electron chi connectivity index (χ4n) is 2.52.